The Bertz CT molecular complexity index is 365. The van der Waals surface area contributed by atoms with Gasteiger partial charge in [0.1, 0.15) is 6.04 Å². The second kappa shape index (κ2) is 5.75. The van der Waals surface area contributed by atoms with Crippen molar-refractivity contribution in [2.75, 3.05) is 7.05 Å². The van der Waals surface area contributed by atoms with Crippen molar-refractivity contribution in [1.29, 1.82) is 5.41 Å². The molecule has 1 atom stereocenters. The minimum absolute atomic E-state index is 0.00308. The summed E-state index contributed by atoms with van der Waals surface area (Å²) in [6, 6.07) is 8.53. The molecule has 0 fully saturated rings. The first-order valence-electron chi connectivity index (χ1n) is 4.93. The van der Waals surface area contributed by atoms with Crippen molar-refractivity contribution in [2.45, 2.75) is 12.5 Å². The topological polar surface area (TPSA) is 85.2 Å². The van der Waals surface area contributed by atoms with E-state index < -0.39 is 12.0 Å². The van der Waals surface area contributed by atoms with E-state index in [9.17, 15) is 4.79 Å². The van der Waals surface area contributed by atoms with Gasteiger partial charge in [0.05, 0.1) is 0 Å². The summed E-state index contributed by atoms with van der Waals surface area (Å²) in [4.78, 5) is 11.0. The lowest BCUT2D eigenvalue weighted by Gasteiger charge is -2.15. The molecule has 0 aliphatic carbocycles. The van der Waals surface area contributed by atoms with Gasteiger partial charge in [-0.05, 0) is 5.56 Å². The summed E-state index contributed by atoms with van der Waals surface area (Å²) in [5.74, 6) is -0.966. The Morgan fingerprint density at radius 2 is 2.06 bits per heavy atom. The number of guanidine groups is 1. The van der Waals surface area contributed by atoms with Gasteiger partial charge in [-0.15, -0.1) is 0 Å². The molecule has 1 aromatic rings. The Morgan fingerprint density at radius 3 is 2.56 bits per heavy atom. The van der Waals surface area contributed by atoms with E-state index in [0.29, 0.717) is 6.42 Å². The average molecular weight is 221 g/mol. The highest BCUT2D eigenvalue weighted by molar-refractivity contribution is 5.83. The monoisotopic (exact) mass is 221 g/mol. The van der Waals surface area contributed by atoms with Gasteiger partial charge in [-0.3, -0.25) is 5.41 Å². The third-order valence-corrected chi connectivity index (χ3v) is 2.15. The molecule has 0 bridgehead atoms. The maximum absolute atomic E-state index is 11.0. The SMILES string of the molecule is CNC(=N)N[C@@H](Cc1ccccc1)C(=O)O. The van der Waals surface area contributed by atoms with Crippen LogP contribution in [0.15, 0.2) is 30.3 Å². The van der Waals surface area contributed by atoms with E-state index in [0.717, 1.165) is 5.56 Å². The summed E-state index contributed by atoms with van der Waals surface area (Å²) in [5.41, 5.74) is 0.923. The van der Waals surface area contributed by atoms with E-state index in [2.05, 4.69) is 10.6 Å². The van der Waals surface area contributed by atoms with Crippen LogP contribution in [0.4, 0.5) is 0 Å². The number of nitrogens with one attached hydrogen (secondary N) is 3. The molecule has 0 unspecified atom stereocenters. The molecular weight excluding hydrogens is 206 g/mol. The highest BCUT2D eigenvalue weighted by Crippen LogP contribution is 2.03. The van der Waals surface area contributed by atoms with Crippen LogP contribution in [0.5, 0.6) is 0 Å². The van der Waals surface area contributed by atoms with Crippen LogP contribution in [0.2, 0.25) is 0 Å². The van der Waals surface area contributed by atoms with E-state index in [4.69, 9.17) is 10.5 Å². The maximum atomic E-state index is 11.0. The van der Waals surface area contributed by atoms with Crippen molar-refractivity contribution in [3.8, 4) is 0 Å². The summed E-state index contributed by atoms with van der Waals surface area (Å²) in [6.07, 6.45) is 0.347. The van der Waals surface area contributed by atoms with Crippen LogP contribution in [-0.4, -0.2) is 30.1 Å². The molecule has 0 heterocycles. The fourth-order valence-electron chi connectivity index (χ4n) is 1.30. The molecule has 5 heteroatoms. The number of benzene rings is 1. The molecule has 0 aliphatic rings. The van der Waals surface area contributed by atoms with E-state index in [1.165, 1.54) is 0 Å². The molecule has 0 amide bonds. The third kappa shape index (κ3) is 3.61. The van der Waals surface area contributed by atoms with Crippen LogP contribution >= 0.6 is 0 Å². The van der Waals surface area contributed by atoms with Crippen molar-refractivity contribution in [3.05, 3.63) is 35.9 Å². The molecule has 1 rings (SSSR count). The largest absolute Gasteiger partial charge is 0.480 e. The number of carboxylic acid groups (broad SMARTS) is 1. The number of carbonyl (C=O) groups is 1. The second-order valence-electron chi connectivity index (χ2n) is 3.35. The van der Waals surface area contributed by atoms with E-state index in [1.807, 2.05) is 30.3 Å². The van der Waals surface area contributed by atoms with Crippen LogP contribution in [0.3, 0.4) is 0 Å². The molecule has 0 spiro atoms. The molecule has 0 saturated carbocycles. The Hall–Kier alpha value is -2.04. The third-order valence-electron chi connectivity index (χ3n) is 2.15. The number of hydrogen-bond acceptors (Lipinski definition) is 2. The number of rotatable bonds is 4. The number of carboxylic acids is 1. The van der Waals surface area contributed by atoms with E-state index >= 15 is 0 Å². The highest BCUT2D eigenvalue weighted by atomic mass is 16.4. The normalized spacial score (nSPS) is 11.6. The molecule has 16 heavy (non-hydrogen) atoms. The zero-order chi connectivity index (χ0) is 12.0. The van der Waals surface area contributed by atoms with Gasteiger partial charge in [0, 0.05) is 13.5 Å². The van der Waals surface area contributed by atoms with Crippen molar-refractivity contribution >= 4 is 11.9 Å². The lowest BCUT2D eigenvalue weighted by molar-refractivity contribution is -0.139. The summed E-state index contributed by atoms with van der Waals surface area (Å²) >= 11 is 0. The Morgan fingerprint density at radius 1 is 1.44 bits per heavy atom. The summed E-state index contributed by atoms with van der Waals surface area (Å²) in [5, 5.41) is 21.5. The highest BCUT2D eigenvalue weighted by Gasteiger charge is 2.18. The lowest BCUT2D eigenvalue weighted by atomic mass is 10.1. The molecule has 4 N–H and O–H groups in total. The van der Waals surface area contributed by atoms with Crippen LogP contribution < -0.4 is 10.6 Å². The quantitative estimate of drug-likeness (QED) is 0.438. The van der Waals surface area contributed by atoms with Gasteiger partial charge < -0.3 is 15.7 Å². The van der Waals surface area contributed by atoms with Crippen LogP contribution in [0, 0.1) is 5.41 Å². The van der Waals surface area contributed by atoms with E-state index in [1.54, 1.807) is 7.05 Å². The van der Waals surface area contributed by atoms with Crippen molar-refractivity contribution < 1.29 is 9.90 Å². The number of hydrogen-bond donors (Lipinski definition) is 4. The Kier molecular flexibility index (Phi) is 4.32. The second-order valence-corrected chi connectivity index (χ2v) is 3.35. The average Bonchev–Trinajstić information content (AvgIpc) is 2.29. The van der Waals surface area contributed by atoms with E-state index in [-0.39, 0.29) is 5.96 Å². The van der Waals surface area contributed by atoms with Gasteiger partial charge in [-0.25, -0.2) is 4.79 Å². The lowest BCUT2D eigenvalue weighted by Crippen LogP contribution is -2.46. The zero-order valence-corrected chi connectivity index (χ0v) is 9.03. The van der Waals surface area contributed by atoms with Gasteiger partial charge in [0.15, 0.2) is 5.96 Å². The van der Waals surface area contributed by atoms with Gasteiger partial charge in [-0.2, -0.15) is 0 Å². The van der Waals surface area contributed by atoms with Crippen LogP contribution in [-0.2, 0) is 11.2 Å². The van der Waals surface area contributed by atoms with Gasteiger partial charge in [0.25, 0.3) is 0 Å². The molecule has 86 valence electrons. The molecule has 0 radical (unpaired) electrons. The predicted octanol–water partition coefficient (Wildman–Crippen LogP) is 0.426. The Balaban J connectivity index is 2.65. The first-order valence-corrected chi connectivity index (χ1v) is 4.93. The fraction of sp³-hybridized carbons (Fsp3) is 0.273. The Labute approximate surface area is 94.0 Å². The smallest absolute Gasteiger partial charge is 0.326 e. The number of aliphatic carboxylic acids is 1. The molecule has 5 nitrogen and oxygen atoms in total. The standard InChI is InChI=1S/C11H15N3O2/c1-13-11(12)14-9(10(15)16)7-8-5-3-2-4-6-8/h2-6,9H,7H2,1H3,(H,15,16)(H3,12,13,14)/t9-/m0/s1. The summed E-state index contributed by atoms with van der Waals surface area (Å²) < 4.78 is 0. The van der Waals surface area contributed by atoms with Crippen molar-refractivity contribution in [3.63, 3.8) is 0 Å². The molecular formula is C11H15N3O2. The fourth-order valence-corrected chi connectivity index (χ4v) is 1.30. The first kappa shape index (κ1) is 12.0. The summed E-state index contributed by atoms with van der Waals surface area (Å²) in [7, 11) is 1.57. The first-order chi connectivity index (χ1) is 7.63. The summed E-state index contributed by atoms with van der Waals surface area (Å²) in [6.45, 7) is 0. The predicted molar refractivity (Wildman–Crippen MR) is 61.5 cm³/mol. The van der Waals surface area contributed by atoms with Crippen LogP contribution in [0.1, 0.15) is 5.56 Å². The van der Waals surface area contributed by atoms with Crippen molar-refractivity contribution in [2.24, 2.45) is 0 Å². The molecule has 0 saturated heterocycles. The maximum Gasteiger partial charge on any atom is 0.326 e. The van der Waals surface area contributed by atoms with Crippen LogP contribution in [0.25, 0.3) is 0 Å². The minimum Gasteiger partial charge on any atom is -0.480 e. The zero-order valence-electron chi connectivity index (χ0n) is 9.03. The van der Waals surface area contributed by atoms with Gasteiger partial charge >= 0.3 is 5.97 Å². The van der Waals surface area contributed by atoms with Gasteiger partial charge in [-0.1, -0.05) is 30.3 Å². The van der Waals surface area contributed by atoms with Gasteiger partial charge in [0.2, 0.25) is 0 Å². The molecule has 0 aliphatic heterocycles. The molecule has 1 aromatic carbocycles. The molecule has 0 aromatic heterocycles. The minimum atomic E-state index is -0.969. The van der Waals surface area contributed by atoms with Crippen molar-refractivity contribution in [1.82, 2.24) is 10.6 Å².